The zero-order valence-electron chi connectivity index (χ0n) is 16.5. The Hall–Kier alpha value is -0.850. The van der Waals surface area contributed by atoms with Gasteiger partial charge in [-0.3, -0.25) is 4.99 Å². The number of hydrogen-bond acceptors (Lipinski definition) is 4. The van der Waals surface area contributed by atoms with Crippen molar-refractivity contribution in [1.29, 1.82) is 0 Å². The number of aliphatic imine (C=N–C) groups is 1. The second-order valence-corrected chi connectivity index (χ2v) is 7.63. The Labute approximate surface area is 158 Å². The highest BCUT2D eigenvalue weighted by Gasteiger charge is 2.32. The number of nitrogens with zero attached hydrogens (tertiary/aromatic N) is 2. The average Bonchev–Trinajstić information content (AvgIpc) is 3.23. The summed E-state index contributed by atoms with van der Waals surface area (Å²) < 4.78 is 17.8. The van der Waals surface area contributed by atoms with Gasteiger partial charge >= 0.3 is 0 Å². The van der Waals surface area contributed by atoms with Gasteiger partial charge in [0.2, 0.25) is 0 Å². The molecule has 2 atom stereocenters. The second kappa shape index (κ2) is 11.1. The molecule has 2 heterocycles. The third-order valence-corrected chi connectivity index (χ3v) is 5.58. The SMILES string of the molecule is CCNC(=NCCCOC1CCCCC1)N1CCOC(C2CCCO2)C1. The van der Waals surface area contributed by atoms with Crippen molar-refractivity contribution in [3.63, 3.8) is 0 Å². The molecule has 0 bridgehead atoms. The summed E-state index contributed by atoms with van der Waals surface area (Å²) in [7, 11) is 0. The third kappa shape index (κ3) is 6.10. The van der Waals surface area contributed by atoms with Crippen LogP contribution in [0.25, 0.3) is 0 Å². The van der Waals surface area contributed by atoms with E-state index >= 15 is 0 Å². The molecule has 1 aliphatic carbocycles. The fraction of sp³-hybridized carbons (Fsp3) is 0.950. The van der Waals surface area contributed by atoms with Gasteiger partial charge in [0.05, 0.1) is 18.8 Å². The number of rotatable bonds is 7. The fourth-order valence-electron chi connectivity index (χ4n) is 4.15. The maximum atomic E-state index is 6.01. The van der Waals surface area contributed by atoms with Crippen LogP contribution in [0.4, 0.5) is 0 Å². The number of morpholine rings is 1. The van der Waals surface area contributed by atoms with Crippen LogP contribution >= 0.6 is 0 Å². The van der Waals surface area contributed by atoms with Crippen LogP contribution in [0.5, 0.6) is 0 Å². The first-order chi connectivity index (χ1) is 12.9. The van der Waals surface area contributed by atoms with Gasteiger partial charge in [0.25, 0.3) is 0 Å². The lowest BCUT2D eigenvalue weighted by Gasteiger charge is -2.37. The van der Waals surface area contributed by atoms with Crippen molar-refractivity contribution in [3.8, 4) is 0 Å². The Morgan fingerprint density at radius 2 is 1.92 bits per heavy atom. The molecule has 2 aliphatic heterocycles. The Balaban J connectivity index is 1.41. The van der Waals surface area contributed by atoms with E-state index in [0.717, 1.165) is 71.2 Å². The predicted octanol–water partition coefficient (Wildman–Crippen LogP) is 2.57. The van der Waals surface area contributed by atoms with E-state index in [-0.39, 0.29) is 12.2 Å². The zero-order valence-corrected chi connectivity index (χ0v) is 16.5. The van der Waals surface area contributed by atoms with Crippen molar-refractivity contribution in [2.45, 2.75) is 76.6 Å². The van der Waals surface area contributed by atoms with E-state index in [1.54, 1.807) is 0 Å². The molecule has 6 heteroatoms. The lowest BCUT2D eigenvalue weighted by molar-refractivity contribution is -0.0817. The molecular formula is C20H37N3O3. The molecule has 26 heavy (non-hydrogen) atoms. The molecule has 3 aliphatic rings. The Morgan fingerprint density at radius 1 is 1.08 bits per heavy atom. The highest BCUT2D eigenvalue weighted by atomic mass is 16.5. The van der Waals surface area contributed by atoms with Gasteiger partial charge in [-0.1, -0.05) is 19.3 Å². The summed E-state index contributed by atoms with van der Waals surface area (Å²) in [6.45, 7) is 8.05. The van der Waals surface area contributed by atoms with Crippen LogP contribution in [0.2, 0.25) is 0 Å². The molecular weight excluding hydrogens is 330 g/mol. The van der Waals surface area contributed by atoms with Crippen LogP contribution < -0.4 is 5.32 Å². The van der Waals surface area contributed by atoms with Crippen LogP contribution in [0.15, 0.2) is 4.99 Å². The molecule has 3 rings (SSSR count). The fourth-order valence-corrected chi connectivity index (χ4v) is 4.15. The first kappa shape index (κ1) is 19.9. The first-order valence-electron chi connectivity index (χ1n) is 10.7. The number of nitrogens with one attached hydrogen (secondary N) is 1. The van der Waals surface area contributed by atoms with E-state index in [4.69, 9.17) is 19.2 Å². The lowest BCUT2D eigenvalue weighted by Crippen LogP contribution is -2.53. The number of guanidine groups is 1. The van der Waals surface area contributed by atoms with Crippen molar-refractivity contribution in [2.24, 2.45) is 4.99 Å². The van der Waals surface area contributed by atoms with E-state index in [9.17, 15) is 0 Å². The van der Waals surface area contributed by atoms with Crippen LogP contribution in [0.1, 0.15) is 58.3 Å². The van der Waals surface area contributed by atoms with Crippen LogP contribution in [0.3, 0.4) is 0 Å². The Bertz CT molecular complexity index is 421. The molecule has 6 nitrogen and oxygen atoms in total. The molecule has 0 amide bonds. The molecule has 2 saturated heterocycles. The second-order valence-electron chi connectivity index (χ2n) is 7.63. The van der Waals surface area contributed by atoms with E-state index in [0.29, 0.717) is 6.10 Å². The van der Waals surface area contributed by atoms with Crippen molar-refractivity contribution in [2.75, 3.05) is 46.0 Å². The van der Waals surface area contributed by atoms with Crippen molar-refractivity contribution in [3.05, 3.63) is 0 Å². The maximum absolute atomic E-state index is 6.01. The minimum Gasteiger partial charge on any atom is -0.378 e. The van der Waals surface area contributed by atoms with Crippen LogP contribution in [-0.2, 0) is 14.2 Å². The summed E-state index contributed by atoms with van der Waals surface area (Å²) in [5.41, 5.74) is 0. The molecule has 0 aromatic carbocycles. The monoisotopic (exact) mass is 367 g/mol. The van der Waals surface area contributed by atoms with Crippen LogP contribution in [0, 0.1) is 0 Å². The molecule has 0 aromatic heterocycles. The highest BCUT2D eigenvalue weighted by molar-refractivity contribution is 5.80. The quantitative estimate of drug-likeness (QED) is 0.426. The summed E-state index contributed by atoms with van der Waals surface area (Å²) in [5, 5.41) is 3.44. The number of hydrogen-bond donors (Lipinski definition) is 1. The topological polar surface area (TPSA) is 55.3 Å². The van der Waals surface area contributed by atoms with E-state index < -0.39 is 0 Å². The molecule has 1 saturated carbocycles. The molecule has 0 aromatic rings. The van der Waals surface area contributed by atoms with Crippen molar-refractivity contribution in [1.82, 2.24) is 10.2 Å². The lowest BCUT2D eigenvalue weighted by atomic mass is 9.98. The van der Waals surface area contributed by atoms with Gasteiger partial charge in [-0.2, -0.15) is 0 Å². The summed E-state index contributed by atoms with van der Waals surface area (Å²) >= 11 is 0. The minimum atomic E-state index is 0.171. The van der Waals surface area contributed by atoms with Crippen LogP contribution in [-0.4, -0.2) is 75.2 Å². The zero-order chi connectivity index (χ0) is 18.0. The summed E-state index contributed by atoms with van der Waals surface area (Å²) in [4.78, 5) is 7.17. The average molecular weight is 368 g/mol. The predicted molar refractivity (Wildman–Crippen MR) is 104 cm³/mol. The standard InChI is InChI=1S/C20H37N3O3/c1-2-21-20(22-11-7-14-24-17-8-4-3-5-9-17)23-12-15-26-19(16-23)18-10-6-13-25-18/h17-19H,2-16H2,1H3,(H,21,22). The normalized spacial score (nSPS) is 28.5. The van der Waals surface area contributed by atoms with Crippen molar-refractivity contribution >= 4 is 5.96 Å². The highest BCUT2D eigenvalue weighted by Crippen LogP contribution is 2.21. The minimum absolute atomic E-state index is 0.171. The van der Waals surface area contributed by atoms with Gasteiger partial charge < -0.3 is 24.4 Å². The van der Waals surface area contributed by atoms with E-state index in [1.165, 1.54) is 32.1 Å². The van der Waals surface area contributed by atoms with Gasteiger partial charge in [-0.05, 0) is 39.0 Å². The number of ether oxygens (including phenoxy) is 3. The van der Waals surface area contributed by atoms with Gasteiger partial charge in [-0.15, -0.1) is 0 Å². The molecule has 3 fully saturated rings. The molecule has 2 unspecified atom stereocenters. The van der Waals surface area contributed by atoms with Gasteiger partial charge in [0.1, 0.15) is 6.10 Å². The molecule has 0 radical (unpaired) electrons. The third-order valence-electron chi connectivity index (χ3n) is 5.58. The molecule has 1 N–H and O–H groups in total. The first-order valence-corrected chi connectivity index (χ1v) is 10.7. The van der Waals surface area contributed by atoms with E-state index in [2.05, 4.69) is 17.1 Å². The smallest absolute Gasteiger partial charge is 0.194 e. The van der Waals surface area contributed by atoms with Gasteiger partial charge in [0.15, 0.2) is 5.96 Å². The Morgan fingerprint density at radius 3 is 2.69 bits per heavy atom. The summed E-state index contributed by atoms with van der Waals surface area (Å²) in [6, 6.07) is 0. The summed E-state index contributed by atoms with van der Waals surface area (Å²) in [6.07, 6.45) is 10.7. The van der Waals surface area contributed by atoms with Crippen molar-refractivity contribution < 1.29 is 14.2 Å². The molecule has 0 spiro atoms. The largest absolute Gasteiger partial charge is 0.378 e. The Kier molecular flexibility index (Phi) is 8.49. The maximum Gasteiger partial charge on any atom is 0.194 e. The van der Waals surface area contributed by atoms with Gasteiger partial charge in [0, 0.05) is 39.4 Å². The molecule has 150 valence electrons. The van der Waals surface area contributed by atoms with E-state index in [1.807, 2.05) is 0 Å². The summed E-state index contributed by atoms with van der Waals surface area (Å²) in [5.74, 6) is 1.01. The van der Waals surface area contributed by atoms with Gasteiger partial charge in [-0.25, -0.2) is 0 Å².